The fourth-order valence-corrected chi connectivity index (χ4v) is 19.0. The molecule has 0 unspecified atom stereocenters. The lowest BCUT2D eigenvalue weighted by Gasteiger charge is -2.46. The van der Waals surface area contributed by atoms with Gasteiger partial charge in [-0.25, -0.2) is 4.85 Å². The number of anilines is 6. The van der Waals surface area contributed by atoms with Gasteiger partial charge in [-0.15, -0.1) is 0 Å². The largest absolute Gasteiger partial charge is 0.310 e. The minimum atomic E-state index is -0.453. The number of nitriles is 1. The van der Waals surface area contributed by atoms with Crippen LogP contribution in [0.1, 0.15) is 58.2 Å². The van der Waals surface area contributed by atoms with Crippen LogP contribution in [0, 0.1) is 17.9 Å². The molecule has 0 atom stereocenters. The number of rotatable bonds is 14. The normalized spacial score (nSPS) is 12.2. The molecule has 0 N–H and O–H groups in total. The van der Waals surface area contributed by atoms with E-state index in [0.29, 0.717) is 11.3 Å². The molecule has 6 heteroatoms. The van der Waals surface area contributed by atoms with Gasteiger partial charge in [0, 0.05) is 61.5 Å². The molecule has 5 nitrogen and oxygen atoms in total. The zero-order chi connectivity index (χ0) is 83.9. The van der Waals surface area contributed by atoms with E-state index < -0.39 is 5.41 Å². The molecule has 3 heterocycles. The molecule has 0 fully saturated rings. The van der Waals surface area contributed by atoms with E-state index in [2.05, 4.69) is 455 Å². The van der Waals surface area contributed by atoms with E-state index in [9.17, 15) is 5.26 Å². The van der Waals surface area contributed by atoms with Crippen molar-refractivity contribution in [2.75, 3.05) is 9.80 Å². The van der Waals surface area contributed by atoms with Crippen molar-refractivity contribution in [2.24, 2.45) is 0 Å². The third-order valence-corrected chi connectivity index (χ3v) is 25.3. The highest BCUT2D eigenvalue weighted by Gasteiger charge is 2.47. The van der Waals surface area contributed by atoms with Crippen LogP contribution in [0.25, 0.3) is 155 Å². The van der Waals surface area contributed by atoms with Crippen LogP contribution in [0.2, 0.25) is 0 Å². The number of aromatic nitrogens is 1. The SMILES string of the molecule is [C-]#[N+]c1ccc(-c2cc(-c3cccc(-c4ccccc4)c3)c(N3c4cc(-n5c6ccccc6c6ccccc65)ccc4B4c5cc(-c6cccc(C(C)(C)C)c6)ccc5N(c5c(-c6cccc(-c7ccccc7)c6)cc(-c6ccc(C#N)cc6)cc5-c5cccc(-c6ccccc6)c5)c5cc(C(C)(C)C)cc3c54)c(-c3cccc(-c4ccccc4)c3)c2)cc1. The van der Waals surface area contributed by atoms with Crippen molar-refractivity contribution in [1.82, 2.24) is 4.57 Å². The molecular formula is C118H86BN5. The first kappa shape index (κ1) is 75.8. The maximum atomic E-state index is 10.4. The Morgan fingerprint density at radius 3 is 1.05 bits per heavy atom. The smallest absolute Gasteiger partial charge is 0.252 e. The summed E-state index contributed by atoms with van der Waals surface area (Å²) in [7, 11) is 0. The predicted octanol–water partition coefficient (Wildman–Crippen LogP) is 30.2. The fraction of sp³-hybridized carbons (Fsp3) is 0.0678. The standard InChI is InChI=1S/C118H86BN5/c1-117(2,3)96-46-28-41-88(67-96)89-57-62-110-107(72-89)119-106-61-60-99(122-108-49-22-20-47-100(108)101-48-21-23-50-109(101)122)75-111(106)124(116-104(92-44-26-39-86(65-92)80-33-16-10-17-34-80)70-95(83-55-58-98(121-7)59-56-83)71-105(116)93-45-27-40-87(66-93)81-35-18-11-19-36-81)113-74-97(118(4,5)6)73-112(114(113)119)123(110)115-102(90-42-24-37-84(63-90)78-29-12-8-13-30-78)68-94(82-53-51-77(76-120)52-54-82)69-103(115)91-43-25-38-85(64-91)79-31-14-9-15-32-79/h8-75H,1-6H3. The topological polar surface area (TPSA) is 39.6 Å². The van der Waals surface area contributed by atoms with Crippen molar-refractivity contribution in [1.29, 1.82) is 5.26 Å². The summed E-state index contributed by atoms with van der Waals surface area (Å²) in [6, 6.07) is 155. The molecule has 124 heavy (non-hydrogen) atoms. The van der Waals surface area contributed by atoms with Crippen molar-refractivity contribution in [3.63, 3.8) is 0 Å². The molecular weight excluding hydrogens is 1500 g/mol. The van der Waals surface area contributed by atoms with Gasteiger partial charge in [-0.1, -0.05) is 351 Å². The van der Waals surface area contributed by atoms with Gasteiger partial charge in [-0.3, -0.25) is 0 Å². The van der Waals surface area contributed by atoms with Crippen LogP contribution in [-0.4, -0.2) is 11.3 Å². The van der Waals surface area contributed by atoms with Gasteiger partial charge in [-0.2, -0.15) is 5.26 Å². The molecule has 2 aliphatic heterocycles. The zero-order valence-electron chi connectivity index (χ0n) is 70.1. The van der Waals surface area contributed by atoms with Gasteiger partial charge in [0.05, 0.1) is 40.6 Å². The Morgan fingerprint density at radius 2 is 0.629 bits per heavy atom. The molecule has 0 bridgehead atoms. The third kappa shape index (κ3) is 13.6. The number of benzene rings is 18. The van der Waals surface area contributed by atoms with Crippen LogP contribution in [0.4, 0.5) is 39.8 Å². The lowest BCUT2D eigenvalue weighted by molar-refractivity contribution is 0.590. The molecule has 21 rings (SSSR count). The Hall–Kier alpha value is -15.6. The number of hydrogen-bond acceptors (Lipinski definition) is 3. The van der Waals surface area contributed by atoms with Crippen LogP contribution >= 0.6 is 0 Å². The highest BCUT2D eigenvalue weighted by Crippen LogP contribution is 2.57. The number of para-hydroxylation sites is 2. The van der Waals surface area contributed by atoms with E-state index in [1.807, 2.05) is 24.3 Å². The quantitative estimate of drug-likeness (QED) is 0.0805. The maximum absolute atomic E-state index is 10.4. The first-order chi connectivity index (χ1) is 60.6. The Bertz CT molecular complexity index is 7240. The molecule has 586 valence electrons. The number of hydrogen-bond donors (Lipinski definition) is 0. The molecule has 0 aliphatic carbocycles. The lowest BCUT2D eigenvalue weighted by Crippen LogP contribution is -2.61. The summed E-state index contributed by atoms with van der Waals surface area (Å²) in [4.78, 5) is 9.33. The second-order valence-corrected chi connectivity index (χ2v) is 35.0. The summed E-state index contributed by atoms with van der Waals surface area (Å²) in [5, 5.41) is 12.8. The Morgan fingerprint density at radius 1 is 0.274 bits per heavy atom. The van der Waals surface area contributed by atoms with Gasteiger partial charge in [0.15, 0.2) is 5.69 Å². The lowest BCUT2D eigenvalue weighted by atomic mass is 9.33. The number of fused-ring (bicyclic) bond motifs is 7. The Balaban J connectivity index is 0.953. The summed E-state index contributed by atoms with van der Waals surface area (Å²) < 4.78 is 2.49. The molecule has 1 aromatic heterocycles. The van der Waals surface area contributed by atoms with Crippen molar-refractivity contribution >= 4 is 84.7 Å². The van der Waals surface area contributed by atoms with E-state index in [1.165, 1.54) is 16.3 Å². The maximum Gasteiger partial charge on any atom is 0.252 e. The average Bonchev–Trinajstić information content (AvgIpc) is 0.812. The molecule has 0 radical (unpaired) electrons. The summed E-state index contributed by atoms with van der Waals surface area (Å²) in [5.74, 6) is 0. The van der Waals surface area contributed by atoms with Crippen LogP contribution in [0.15, 0.2) is 413 Å². The molecule has 0 saturated carbocycles. The van der Waals surface area contributed by atoms with Gasteiger partial charge >= 0.3 is 0 Å². The predicted molar refractivity (Wildman–Crippen MR) is 523 cm³/mol. The first-order valence-electron chi connectivity index (χ1n) is 42.8. The van der Waals surface area contributed by atoms with Gasteiger partial charge in [0.1, 0.15) is 0 Å². The van der Waals surface area contributed by atoms with Crippen molar-refractivity contribution in [3.8, 4) is 134 Å². The number of nitrogens with zero attached hydrogens (tertiary/aromatic N) is 5. The summed E-state index contributed by atoms with van der Waals surface area (Å²) in [5.41, 5.74) is 39.5. The molecule has 0 amide bonds. The summed E-state index contributed by atoms with van der Waals surface area (Å²) >= 11 is 0. The van der Waals surface area contributed by atoms with Crippen molar-refractivity contribution in [2.45, 2.75) is 52.4 Å². The van der Waals surface area contributed by atoms with E-state index in [0.717, 1.165) is 195 Å². The second-order valence-electron chi connectivity index (χ2n) is 35.0. The summed E-state index contributed by atoms with van der Waals surface area (Å²) in [6.45, 7) is 21.9. The van der Waals surface area contributed by atoms with Crippen LogP contribution in [0.3, 0.4) is 0 Å². The first-order valence-corrected chi connectivity index (χ1v) is 42.8. The molecule has 0 saturated heterocycles. The van der Waals surface area contributed by atoms with E-state index in [-0.39, 0.29) is 12.1 Å². The van der Waals surface area contributed by atoms with Crippen LogP contribution < -0.4 is 26.2 Å². The fourth-order valence-electron chi connectivity index (χ4n) is 19.0. The molecule has 19 aromatic rings. The monoisotopic (exact) mass is 1580 g/mol. The molecule has 18 aromatic carbocycles. The summed E-state index contributed by atoms with van der Waals surface area (Å²) in [6.07, 6.45) is 0. The van der Waals surface area contributed by atoms with E-state index >= 15 is 0 Å². The minimum absolute atomic E-state index is 0.128. The minimum Gasteiger partial charge on any atom is -0.310 e. The van der Waals surface area contributed by atoms with Crippen LogP contribution in [-0.2, 0) is 10.8 Å². The molecule has 2 aliphatic rings. The van der Waals surface area contributed by atoms with E-state index in [4.69, 9.17) is 6.57 Å². The van der Waals surface area contributed by atoms with Gasteiger partial charge in [0.25, 0.3) is 6.71 Å². The van der Waals surface area contributed by atoms with Crippen molar-refractivity contribution in [3.05, 3.63) is 441 Å². The van der Waals surface area contributed by atoms with E-state index in [1.54, 1.807) is 0 Å². The average molecular weight is 1580 g/mol. The van der Waals surface area contributed by atoms with Gasteiger partial charge in [0.2, 0.25) is 0 Å². The third-order valence-electron chi connectivity index (χ3n) is 25.3. The van der Waals surface area contributed by atoms with Crippen molar-refractivity contribution < 1.29 is 0 Å². The highest BCUT2D eigenvalue weighted by atomic mass is 15.2. The van der Waals surface area contributed by atoms with Gasteiger partial charge in [-0.05, 0) is 242 Å². The van der Waals surface area contributed by atoms with Crippen LogP contribution in [0.5, 0.6) is 0 Å². The highest BCUT2D eigenvalue weighted by molar-refractivity contribution is 7.00. The Labute approximate surface area is 726 Å². The van der Waals surface area contributed by atoms with Gasteiger partial charge < -0.3 is 14.4 Å². The second kappa shape index (κ2) is 30.9. The zero-order valence-corrected chi connectivity index (χ0v) is 70.1. The molecule has 0 spiro atoms. The Kier molecular flexibility index (Phi) is 18.9.